The van der Waals surface area contributed by atoms with Gasteiger partial charge in [0, 0.05) is 17.1 Å². The average molecular weight is 442 g/mol. The Bertz CT molecular complexity index is 1100. The van der Waals surface area contributed by atoms with Crippen molar-refractivity contribution in [1.82, 2.24) is 4.98 Å². The molecule has 0 unspecified atom stereocenters. The lowest BCUT2D eigenvalue weighted by atomic mass is 9.99. The zero-order valence-electron chi connectivity index (χ0n) is 13.6. The molecular weight excluding hydrogens is 429 g/mol. The summed E-state index contributed by atoms with van der Waals surface area (Å²) in [7, 11) is -3.86. The van der Waals surface area contributed by atoms with Crippen LogP contribution in [0.3, 0.4) is 0 Å². The third-order valence-electron chi connectivity index (χ3n) is 3.69. The molecule has 0 aliphatic carbocycles. The topological polar surface area (TPSA) is 102 Å². The molecule has 2 aromatic carbocycles. The molecule has 0 spiro atoms. The van der Waals surface area contributed by atoms with Crippen molar-refractivity contribution in [3.05, 3.63) is 74.7 Å². The van der Waals surface area contributed by atoms with Crippen LogP contribution in [0.5, 0.6) is 0 Å². The number of benzene rings is 2. The highest BCUT2D eigenvalue weighted by Gasteiger charge is 2.19. The molecule has 3 aromatic rings. The largest absolute Gasteiger partial charge is 0.366 e. The van der Waals surface area contributed by atoms with Gasteiger partial charge < -0.3 is 5.73 Å². The Labute approximate surface area is 170 Å². The monoisotopic (exact) mass is 441 g/mol. The second kappa shape index (κ2) is 7.85. The summed E-state index contributed by atoms with van der Waals surface area (Å²) < 4.78 is 27.6. The van der Waals surface area contributed by atoms with Crippen LogP contribution < -0.4 is 10.5 Å². The van der Waals surface area contributed by atoms with Crippen molar-refractivity contribution in [1.29, 1.82) is 0 Å². The van der Waals surface area contributed by atoms with Crippen molar-refractivity contribution in [3.8, 4) is 0 Å². The number of carbonyl (C=O) groups is 1. The second-order valence-electron chi connectivity index (χ2n) is 5.55. The maximum absolute atomic E-state index is 12.6. The molecule has 6 nitrogen and oxygen atoms in total. The van der Waals surface area contributed by atoms with Crippen LogP contribution in [0.1, 0.15) is 21.5 Å². The lowest BCUT2D eigenvalue weighted by molar-refractivity contribution is 0.0999. The van der Waals surface area contributed by atoms with E-state index in [0.717, 1.165) is 16.9 Å². The smallest absolute Gasteiger partial charge is 0.263 e. The molecule has 3 N–H and O–H groups in total. The molecule has 1 aromatic heterocycles. The third-order valence-corrected chi connectivity index (χ3v) is 6.58. The number of anilines is 1. The average Bonchev–Trinajstić information content (AvgIpc) is 3.10. The van der Waals surface area contributed by atoms with Gasteiger partial charge in [-0.1, -0.05) is 29.3 Å². The van der Waals surface area contributed by atoms with E-state index in [-0.39, 0.29) is 22.0 Å². The number of nitrogens with two attached hydrogens (primary N) is 1. The van der Waals surface area contributed by atoms with Crippen LogP contribution in [-0.2, 0) is 16.4 Å². The number of sulfonamides is 1. The molecular formula is C17H13Cl2N3O3S2. The minimum Gasteiger partial charge on any atom is -0.366 e. The van der Waals surface area contributed by atoms with Crippen LogP contribution in [0, 0.1) is 0 Å². The number of primary amides is 1. The summed E-state index contributed by atoms with van der Waals surface area (Å²) in [4.78, 5) is 15.7. The van der Waals surface area contributed by atoms with E-state index in [4.69, 9.17) is 28.9 Å². The fourth-order valence-corrected chi connectivity index (χ4v) is 4.60. The van der Waals surface area contributed by atoms with Crippen LogP contribution in [0.15, 0.2) is 52.9 Å². The first-order valence-electron chi connectivity index (χ1n) is 7.55. The van der Waals surface area contributed by atoms with Gasteiger partial charge in [-0.05, 0) is 47.9 Å². The Hall–Kier alpha value is -2.13. The van der Waals surface area contributed by atoms with Crippen LogP contribution in [0.25, 0.3) is 0 Å². The summed E-state index contributed by atoms with van der Waals surface area (Å²) >= 11 is 13.1. The van der Waals surface area contributed by atoms with Gasteiger partial charge in [0.15, 0.2) is 5.13 Å². The molecule has 0 atom stereocenters. The summed E-state index contributed by atoms with van der Waals surface area (Å²) in [5.74, 6) is -0.651. The van der Waals surface area contributed by atoms with Crippen LogP contribution in [0.2, 0.25) is 10.0 Å². The quantitative estimate of drug-likeness (QED) is 0.604. The Balaban J connectivity index is 1.99. The molecule has 27 heavy (non-hydrogen) atoms. The molecule has 0 saturated carbocycles. The van der Waals surface area contributed by atoms with Gasteiger partial charge in [-0.3, -0.25) is 9.52 Å². The van der Waals surface area contributed by atoms with Gasteiger partial charge in [0.2, 0.25) is 5.91 Å². The van der Waals surface area contributed by atoms with E-state index >= 15 is 0 Å². The Morgan fingerprint density at radius 1 is 1.15 bits per heavy atom. The first-order valence-corrected chi connectivity index (χ1v) is 10.7. The highest BCUT2D eigenvalue weighted by atomic mass is 35.5. The zero-order valence-corrected chi connectivity index (χ0v) is 16.8. The molecule has 140 valence electrons. The van der Waals surface area contributed by atoms with Gasteiger partial charge in [0.1, 0.15) is 0 Å². The van der Waals surface area contributed by atoms with Crippen molar-refractivity contribution >= 4 is 55.6 Å². The van der Waals surface area contributed by atoms with Crippen LogP contribution in [0.4, 0.5) is 5.13 Å². The number of hydrogen-bond donors (Lipinski definition) is 2. The van der Waals surface area contributed by atoms with Gasteiger partial charge >= 0.3 is 0 Å². The first-order chi connectivity index (χ1) is 12.8. The fraction of sp³-hybridized carbons (Fsp3) is 0.0588. The predicted octanol–water partition coefficient (Wildman–Crippen LogP) is 3.94. The maximum atomic E-state index is 12.6. The predicted molar refractivity (Wildman–Crippen MR) is 107 cm³/mol. The molecule has 0 radical (unpaired) electrons. The number of rotatable bonds is 6. The highest BCUT2D eigenvalue weighted by Crippen LogP contribution is 2.26. The highest BCUT2D eigenvalue weighted by molar-refractivity contribution is 7.93. The van der Waals surface area contributed by atoms with E-state index < -0.39 is 15.9 Å². The van der Waals surface area contributed by atoms with Crippen molar-refractivity contribution in [2.75, 3.05) is 4.72 Å². The van der Waals surface area contributed by atoms with Crippen molar-refractivity contribution in [2.24, 2.45) is 5.73 Å². The normalized spacial score (nSPS) is 11.3. The maximum Gasteiger partial charge on any atom is 0.263 e. The summed E-state index contributed by atoms with van der Waals surface area (Å²) in [6.45, 7) is 0. The number of nitrogens with zero attached hydrogens (tertiary/aromatic N) is 1. The SMILES string of the molecule is NC(=O)c1ccc(S(=O)(=O)Nc2nccs2)cc1Cc1ccc(Cl)c(Cl)c1. The molecule has 1 heterocycles. The molecule has 10 heteroatoms. The number of nitrogens with one attached hydrogen (secondary N) is 1. The lowest BCUT2D eigenvalue weighted by Gasteiger charge is -2.11. The van der Waals surface area contributed by atoms with Gasteiger partial charge in [-0.15, -0.1) is 11.3 Å². The molecule has 0 aliphatic heterocycles. The van der Waals surface area contributed by atoms with Gasteiger partial charge in [-0.2, -0.15) is 0 Å². The van der Waals surface area contributed by atoms with E-state index in [1.54, 1.807) is 23.6 Å². The van der Waals surface area contributed by atoms with Gasteiger partial charge in [0.25, 0.3) is 10.0 Å². The van der Waals surface area contributed by atoms with Crippen molar-refractivity contribution in [2.45, 2.75) is 11.3 Å². The second-order valence-corrected chi connectivity index (χ2v) is 8.94. The van der Waals surface area contributed by atoms with E-state index in [1.807, 2.05) is 0 Å². The van der Waals surface area contributed by atoms with Crippen molar-refractivity contribution in [3.63, 3.8) is 0 Å². The standard InChI is InChI=1S/C17H13Cl2N3O3S2/c18-14-4-1-10(8-15(14)19)7-11-9-12(2-3-13(11)16(20)23)27(24,25)22-17-21-5-6-26-17/h1-6,8-9H,7H2,(H2,20,23)(H,21,22). The first kappa shape index (κ1) is 19.6. The van der Waals surface area contributed by atoms with Crippen LogP contribution >= 0.6 is 34.5 Å². The lowest BCUT2D eigenvalue weighted by Crippen LogP contribution is -2.17. The number of aromatic nitrogens is 1. The molecule has 0 aliphatic rings. The molecule has 0 fully saturated rings. The molecule has 0 saturated heterocycles. The summed E-state index contributed by atoms with van der Waals surface area (Å²) in [5.41, 5.74) is 6.88. The van der Waals surface area contributed by atoms with Crippen LogP contribution in [-0.4, -0.2) is 19.3 Å². The van der Waals surface area contributed by atoms with Crippen molar-refractivity contribution < 1.29 is 13.2 Å². The number of thiazole rings is 1. The number of halogens is 2. The van der Waals surface area contributed by atoms with Gasteiger partial charge in [-0.25, -0.2) is 13.4 Å². The summed E-state index contributed by atoms with van der Waals surface area (Å²) in [6.07, 6.45) is 1.75. The Kier molecular flexibility index (Phi) is 5.71. The number of carbonyl (C=O) groups excluding carboxylic acids is 1. The minimum absolute atomic E-state index is 0.00207. The number of hydrogen-bond acceptors (Lipinski definition) is 5. The van der Waals surface area contributed by atoms with E-state index in [1.165, 1.54) is 24.4 Å². The van der Waals surface area contributed by atoms with Gasteiger partial charge in [0.05, 0.1) is 14.9 Å². The summed E-state index contributed by atoms with van der Waals surface area (Å²) in [5, 5.41) is 2.67. The summed E-state index contributed by atoms with van der Waals surface area (Å²) in [6, 6.07) is 9.17. The van der Waals surface area contributed by atoms with E-state index in [9.17, 15) is 13.2 Å². The molecule has 1 amide bonds. The Morgan fingerprint density at radius 2 is 1.93 bits per heavy atom. The Morgan fingerprint density at radius 3 is 2.56 bits per heavy atom. The van der Waals surface area contributed by atoms with E-state index in [0.29, 0.717) is 15.6 Å². The molecule has 3 rings (SSSR count). The van der Waals surface area contributed by atoms with E-state index in [2.05, 4.69) is 9.71 Å². The zero-order chi connectivity index (χ0) is 19.6. The fourth-order valence-electron chi connectivity index (χ4n) is 2.44. The minimum atomic E-state index is -3.86. The third kappa shape index (κ3) is 4.59. The molecule has 0 bridgehead atoms. The number of amides is 1.